The summed E-state index contributed by atoms with van der Waals surface area (Å²) in [4.78, 5) is 0.506. The second-order valence-electron chi connectivity index (χ2n) is 8.28. The molecule has 2 aromatic rings. The molecule has 0 spiro atoms. The molecule has 0 radical (unpaired) electrons. The molecule has 0 unspecified atom stereocenters. The Balaban J connectivity index is 1.30. The van der Waals surface area contributed by atoms with E-state index < -0.39 is 20.0 Å². The first kappa shape index (κ1) is 24.1. The van der Waals surface area contributed by atoms with Gasteiger partial charge in [0.25, 0.3) is 0 Å². The first-order valence-electron chi connectivity index (χ1n) is 11.3. The summed E-state index contributed by atoms with van der Waals surface area (Å²) in [6.07, 6.45) is 5.70. The van der Waals surface area contributed by atoms with Gasteiger partial charge in [-0.1, -0.05) is 12.8 Å². The number of hydrogen-bond acceptors (Lipinski definition) is 6. The average molecular weight is 492 g/mol. The van der Waals surface area contributed by atoms with Gasteiger partial charge >= 0.3 is 7.69 Å². The van der Waals surface area contributed by atoms with Gasteiger partial charge in [-0.3, -0.25) is 0 Å². The molecule has 2 heterocycles. The molecule has 0 atom stereocenters. The number of piperidine rings is 2. The van der Waals surface area contributed by atoms with Crippen molar-refractivity contribution < 1.29 is 26.1 Å². The molecular weight excluding hydrogens is 463 g/mol. The van der Waals surface area contributed by atoms with Crippen LogP contribution in [0.4, 0.5) is 0 Å². The van der Waals surface area contributed by atoms with Gasteiger partial charge in [0.2, 0.25) is 20.0 Å². The second-order valence-corrected chi connectivity index (χ2v) is 12.2. The fourth-order valence-electron chi connectivity index (χ4n) is 4.09. The largest absolute Gasteiger partial charge is 0.576 e. The lowest BCUT2D eigenvalue weighted by molar-refractivity contribution is 0.346. The smallest absolute Gasteiger partial charge is 0.529 e. The molecule has 2 aromatic carbocycles. The van der Waals surface area contributed by atoms with E-state index in [0.29, 0.717) is 37.7 Å². The minimum atomic E-state index is -3.47. The highest BCUT2D eigenvalue weighted by Gasteiger charge is 2.26. The molecule has 178 valence electrons. The molecule has 2 aliphatic rings. The molecule has 0 aliphatic carbocycles. The SMILES string of the molecule is O=S(=O)(c1ccc(OBOc2ccc(S(=O)(=O)N3CCCCC3)cc2)cc1)N1CCCCC1. The van der Waals surface area contributed by atoms with Gasteiger partial charge in [-0.25, -0.2) is 16.8 Å². The molecule has 0 amide bonds. The predicted octanol–water partition coefficient (Wildman–Crippen LogP) is 2.76. The van der Waals surface area contributed by atoms with Crippen LogP contribution in [-0.2, 0) is 20.0 Å². The summed E-state index contributed by atoms with van der Waals surface area (Å²) < 4.78 is 65.0. The predicted molar refractivity (Wildman–Crippen MR) is 127 cm³/mol. The molecule has 8 nitrogen and oxygen atoms in total. The molecule has 2 fully saturated rings. The molecule has 0 N–H and O–H groups in total. The van der Waals surface area contributed by atoms with Crippen LogP contribution in [0.25, 0.3) is 0 Å². The number of rotatable bonds is 8. The lowest BCUT2D eigenvalue weighted by Crippen LogP contribution is -2.35. The third kappa shape index (κ3) is 5.71. The van der Waals surface area contributed by atoms with Crippen LogP contribution in [0.15, 0.2) is 58.3 Å². The topological polar surface area (TPSA) is 93.2 Å². The Morgan fingerprint density at radius 3 is 1.21 bits per heavy atom. The van der Waals surface area contributed by atoms with Crippen molar-refractivity contribution in [3.8, 4) is 11.5 Å². The van der Waals surface area contributed by atoms with Crippen molar-refractivity contribution >= 4 is 27.7 Å². The van der Waals surface area contributed by atoms with E-state index in [2.05, 4.69) is 0 Å². The Bertz CT molecular complexity index is 1030. The van der Waals surface area contributed by atoms with E-state index in [9.17, 15) is 16.8 Å². The standard InChI is InChI=1S/C22H29BN2O6S2/c26-32(27,24-15-3-1-4-16-24)21-11-7-19(8-12-21)30-23-31-20-9-13-22(14-10-20)33(28,29)25-17-5-2-6-18-25/h7-14,23H,1-6,15-18H2. The van der Waals surface area contributed by atoms with E-state index in [-0.39, 0.29) is 17.5 Å². The van der Waals surface area contributed by atoms with Crippen molar-refractivity contribution in [2.24, 2.45) is 0 Å². The van der Waals surface area contributed by atoms with Gasteiger partial charge in [-0.15, -0.1) is 0 Å². The van der Waals surface area contributed by atoms with E-state index in [1.54, 1.807) is 48.5 Å². The van der Waals surface area contributed by atoms with Gasteiger partial charge in [-0.2, -0.15) is 8.61 Å². The van der Waals surface area contributed by atoms with Crippen LogP contribution in [0.2, 0.25) is 0 Å². The van der Waals surface area contributed by atoms with Gasteiger partial charge < -0.3 is 9.31 Å². The average Bonchev–Trinajstić information content (AvgIpc) is 2.86. The van der Waals surface area contributed by atoms with Crippen LogP contribution in [-0.4, -0.2) is 59.3 Å². The number of benzene rings is 2. The highest BCUT2D eigenvalue weighted by atomic mass is 32.2. The third-order valence-corrected chi connectivity index (χ3v) is 9.83. The van der Waals surface area contributed by atoms with E-state index in [0.717, 1.165) is 38.5 Å². The zero-order chi connectivity index (χ0) is 23.3. The fourth-order valence-corrected chi connectivity index (χ4v) is 7.12. The Hall–Kier alpha value is -2.08. The van der Waals surface area contributed by atoms with Gasteiger partial charge in [0.1, 0.15) is 11.5 Å². The Labute approximate surface area is 196 Å². The van der Waals surface area contributed by atoms with Gasteiger partial charge in [0.05, 0.1) is 9.79 Å². The Morgan fingerprint density at radius 2 is 0.879 bits per heavy atom. The molecule has 0 bridgehead atoms. The van der Waals surface area contributed by atoms with Crippen LogP contribution < -0.4 is 9.31 Å². The zero-order valence-electron chi connectivity index (χ0n) is 18.6. The minimum Gasteiger partial charge on any atom is -0.529 e. The van der Waals surface area contributed by atoms with E-state index in [4.69, 9.17) is 9.31 Å². The molecule has 2 saturated heterocycles. The molecule has 11 heteroatoms. The minimum absolute atomic E-state index is 0.0869. The maximum Gasteiger partial charge on any atom is 0.576 e. The van der Waals surface area contributed by atoms with Gasteiger partial charge in [0, 0.05) is 26.2 Å². The van der Waals surface area contributed by atoms with Crippen LogP contribution in [0.1, 0.15) is 38.5 Å². The van der Waals surface area contributed by atoms with Crippen molar-refractivity contribution in [2.75, 3.05) is 26.2 Å². The molecular formula is C22H29BN2O6S2. The van der Waals surface area contributed by atoms with Crippen molar-refractivity contribution in [3.05, 3.63) is 48.5 Å². The van der Waals surface area contributed by atoms with Crippen LogP contribution in [0.3, 0.4) is 0 Å². The maximum absolute atomic E-state index is 12.7. The summed E-state index contributed by atoms with van der Waals surface area (Å²) >= 11 is 0. The Morgan fingerprint density at radius 1 is 0.545 bits per heavy atom. The highest BCUT2D eigenvalue weighted by Crippen LogP contribution is 2.24. The van der Waals surface area contributed by atoms with Crippen LogP contribution >= 0.6 is 0 Å². The molecule has 0 saturated carbocycles. The fraction of sp³-hybridized carbons (Fsp3) is 0.455. The van der Waals surface area contributed by atoms with Gasteiger partial charge in [-0.05, 0) is 74.2 Å². The monoisotopic (exact) mass is 492 g/mol. The summed E-state index contributed by atoms with van der Waals surface area (Å²) in [7, 11) is -7.03. The third-order valence-electron chi connectivity index (χ3n) is 6.00. The van der Waals surface area contributed by atoms with Crippen molar-refractivity contribution in [3.63, 3.8) is 0 Å². The highest BCUT2D eigenvalue weighted by molar-refractivity contribution is 7.89. The lowest BCUT2D eigenvalue weighted by Gasteiger charge is -2.26. The van der Waals surface area contributed by atoms with Crippen molar-refractivity contribution in [1.29, 1.82) is 0 Å². The maximum atomic E-state index is 12.7. The van der Waals surface area contributed by atoms with Gasteiger partial charge in [0.15, 0.2) is 0 Å². The summed E-state index contributed by atoms with van der Waals surface area (Å²) in [6, 6.07) is 12.6. The van der Waals surface area contributed by atoms with Crippen molar-refractivity contribution in [1.82, 2.24) is 8.61 Å². The zero-order valence-corrected chi connectivity index (χ0v) is 20.2. The summed E-state index contributed by atoms with van der Waals surface area (Å²) in [5.41, 5.74) is 0. The number of nitrogens with zero attached hydrogens (tertiary/aromatic N) is 2. The second kappa shape index (κ2) is 10.5. The summed E-state index contributed by atoms with van der Waals surface area (Å²) in [5.74, 6) is 0.966. The molecule has 0 aromatic heterocycles. The number of sulfonamides is 2. The number of hydrogen-bond donors (Lipinski definition) is 0. The molecule has 33 heavy (non-hydrogen) atoms. The molecule has 2 aliphatic heterocycles. The summed E-state index contributed by atoms with van der Waals surface area (Å²) in [5, 5.41) is 0. The molecule has 4 rings (SSSR count). The van der Waals surface area contributed by atoms with E-state index in [1.165, 1.54) is 8.61 Å². The normalized spacial score (nSPS) is 18.5. The van der Waals surface area contributed by atoms with E-state index >= 15 is 0 Å². The van der Waals surface area contributed by atoms with Crippen LogP contribution in [0.5, 0.6) is 11.5 Å². The quantitative estimate of drug-likeness (QED) is 0.527. The van der Waals surface area contributed by atoms with Crippen LogP contribution in [0, 0.1) is 0 Å². The van der Waals surface area contributed by atoms with E-state index in [1.807, 2.05) is 0 Å². The Kier molecular flexibility index (Phi) is 7.63. The first-order valence-corrected chi connectivity index (χ1v) is 14.2. The summed E-state index contributed by atoms with van der Waals surface area (Å²) in [6.45, 7) is 2.25. The van der Waals surface area contributed by atoms with Crippen molar-refractivity contribution in [2.45, 2.75) is 48.3 Å². The first-order chi connectivity index (χ1) is 15.9. The lowest BCUT2D eigenvalue weighted by atomic mass is 10.2.